The minimum atomic E-state index is -4.49. The summed E-state index contributed by atoms with van der Waals surface area (Å²) in [6.45, 7) is 7.68. The first kappa shape index (κ1) is 36.9. The molecule has 11 nitrogen and oxygen atoms in total. The highest BCUT2D eigenvalue weighted by atomic mass is 32.2. The molecule has 51 heavy (non-hydrogen) atoms. The van der Waals surface area contributed by atoms with Crippen LogP contribution in [0.1, 0.15) is 22.3 Å². The van der Waals surface area contributed by atoms with E-state index >= 15 is 0 Å². The first-order chi connectivity index (χ1) is 24.0. The highest BCUT2D eigenvalue weighted by molar-refractivity contribution is 7.88. The number of benzene rings is 5. The van der Waals surface area contributed by atoms with E-state index in [-0.39, 0.29) is 4.90 Å². The summed E-state index contributed by atoms with van der Waals surface area (Å²) >= 11 is 0. The minimum absolute atomic E-state index is 0.158. The lowest BCUT2D eigenvalue weighted by atomic mass is 9.93. The van der Waals surface area contributed by atoms with Gasteiger partial charge in [0.1, 0.15) is 22.8 Å². The number of fused-ring (bicyclic) bond motifs is 2. The average molecular weight is 729 g/mol. The summed E-state index contributed by atoms with van der Waals surface area (Å²) < 4.78 is 63.7. The summed E-state index contributed by atoms with van der Waals surface area (Å²) in [5.74, 6) is -0.622. The van der Waals surface area contributed by atoms with Crippen molar-refractivity contribution in [1.82, 2.24) is 4.72 Å². The lowest BCUT2D eigenvalue weighted by Gasteiger charge is -2.18. The largest absolute Gasteiger partial charge is 0.480 e. The van der Waals surface area contributed by atoms with E-state index in [4.69, 9.17) is 9.52 Å². The van der Waals surface area contributed by atoms with Crippen molar-refractivity contribution >= 4 is 54.1 Å². The number of para-hydroxylation sites is 2. The van der Waals surface area contributed by atoms with Crippen LogP contribution >= 0.6 is 0 Å². The van der Waals surface area contributed by atoms with Gasteiger partial charge in [-0.3, -0.25) is 9.35 Å². The summed E-state index contributed by atoms with van der Waals surface area (Å²) in [5, 5.41) is 13.0. The molecule has 0 radical (unpaired) electrons. The van der Waals surface area contributed by atoms with Crippen molar-refractivity contribution in [3.63, 3.8) is 0 Å². The molecule has 0 amide bonds. The van der Waals surface area contributed by atoms with Gasteiger partial charge in [0.05, 0.1) is 12.3 Å². The zero-order valence-corrected chi connectivity index (χ0v) is 30.2. The fourth-order valence-corrected chi connectivity index (χ4v) is 6.82. The quantitative estimate of drug-likeness (QED) is 0.102. The Hall–Kier alpha value is -5.34. The lowest BCUT2D eigenvalue weighted by molar-refractivity contribution is -0.403. The number of aliphatic carboxylic acids is 1. The van der Waals surface area contributed by atoms with Crippen LogP contribution in [0.4, 0.5) is 17.1 Å². The molecular formula is C38H38N3O8S2+. The molecule has 0 unspecified atom stereocenters. The predicted octanol–water partition coefficient (Wildman–Crippen LogP) is 5.36. The molecule has 0 aromatic heterocycles. The maximum Gasteiger partial charge on any atom is 0.318 e. The van der Waals surface area contributed by atoms with E-state index in [9.17, 15) is 26.2 Å². The van der Waals surface area contributed by atoms with Crippen LogP contribution in [0.5, 0.6) is 0 Å². The zero-order valence-electron chi connectivity index (χ0n) is 28.6. The van der Waals surface area contributed by atoms with Crippen molar-refractivity contribution < 1.29 is 40.7 Å². The standard InChI is InChI=1S/C35H30N2O4S.C3H7NO4S/c1-21-9-7-10-22(2)34(21)36-25-15-17-27-30(19-25)41-31-20-26(37-35-23(3)11-8-12-24(35)4)16-18-28(31)33(27)29-13-5-6-14-32(29)42(38,39)40;1-9(7,8)4-2-3(5)6/h5-20,36H,1-4H3,(H,38,39,40);4H,2H2,1H3,(H,5,6)/p+1. The fraction of sp³-hybridized carbons (Fsp3) is 0.158. The molecule has 0 saturated heterocycles. The molecule has 5 N–H and O–H groups in total. The number of carboxylic acids is 1. The molecule has 13 heteroatoms. The van der Waals surface area contributed by atoms with E-state index in [0.29, 0.717) is 22.5 Å². The number of carboxylic acid groups (broad SMARTS) is 1. The molecule has 0 spiro atoms. The van der Waals surface area contributed by atoms with Gasteiger partial charge >= 0.3 is 5.97 Å². The van der Waals surface area contributed by atoms with Gasteiger partial charge in [-0.2, -0.15) is 8.42 Å². The Bertz CT molecular complexity index is 2500. The van der Waals surface area contributed by atoms with Crippen molar-refractivity contribution in [2.75, 3.05) is 18.1 Å². The first-order valence-electron chi connectivity index (χ1n) is 15.8. The SMILES string of the molecule is CS(=O)(=O)NCC(=O)O.Cc1cccc(C)c1Nc1ccc2c(-c3ccccc3S(=O)(=O)O)c3ccc(=[NH+]c4c(C)cccc4C)cc-3oc2c1. The predicted molar refractivity (Wildman–Crippen MR) is 197 cm³/mol. The fourth-order valence-electron chi connectivity index (χ4n) is 5.74. The number of anilines is 2. The zero-order chi connectivity index (χ0) is 37.1. The summed E-state index contributed by atoms with van der Waals surface area (Å²) in [5.41, 5.74) is 9.72. The smallest absolute Gasteiger partial charge is 0.318 e. The van der Waals surface area contributed by atoms with Gasteiger partial charge in [0, 0.05) is 56.7 Å². The van der Waals surface area contributed by atoms with Gasteiger partial charge in [0.2, 0.25) is 21.1 Å². The van der Waals surface area contributed by atoms with Gasteiger partial charge in [-0.1, -0.05) is 54.6 Å². The Labute approximate surface area is 296 Å². The highest BCUT2D eigenvalue weighted by Gasteiger charge is 2.24. The Morgan fingerprint density at radius 3 is 1.98 bits per heavy atom. The number of nitrogens with one attached hydrogen (secondary N) is 3. The second-order valence-electron chi connectivity index (χ2n) is 12.1. The summed E-state index contributed by atoms with van der Waals surface area (Å²) in [6.07, 6.45) is 0.899. The molecule has 4 aromatic rings. The Morgan fingerprint density at radius 1 is 0.765 bits per heavy atom. The van der Waals surface area contributed by atoms with Crippen LogP contribution < -0.4 is 20.4 Å². The Balaban J connectivity index is 0.000000496. The molecular weight excluding hydrogens is 691 g/mol. The van der Waals surface area contributed by atoms with Gasteiger partial charge < -0.3 is 14.8 Å². The molecule has 1 heterocycles. The highest BCUT2D eigenvalue weighted by Crippen LogP contribution is 2.43. The second-order valence-corrected chi connectivity index (χ2v) is 15.4. The molecule has 0 saturated carbocycles. The molecule has 6 rings (SSSR count). The molecule has 0 fully saturated rings. The molecule has 1 aliphatic heterocycles. The molecule has 0 atom stereocenters. The van der Waals surface area contributed by atoms with E-state index in [1.165, 1.54) is 6.07 Å². The van der Waals surface area contributed by atoms with Crippen molar-refractivity contribution in [1.29, 1.82) is 0 Å². The number of rotatable bonds is 8. The van der Waals surface area contributed by atoms with Crippen molar-refractivity contribution in [2.24, 2.45) is 0 Å². The summed E-state index contributed by atoms with van der Waals surface area (Å²) in [6, 6.07) is 30.4. The van der Waals surface area contributed by atoms with Gasteiger partial charge in [0.25, 0.3) is 10.1 Å². The van der Waals surface area contributed by atoms with Crippen LogP contribution in [0.2, 0.25) is 0 Å². The first-order valence-corrected chi connectivity index (χ1v) is 19.1. The van der Waals surface area contributed by atoms with Crippen molar-refractivity contribution in [2.45, 2.75) is 32.6 Å². The van der Waals surface area contributed by atoms with Crippen LogP contribution in [0.25, 0.3) is 33.4 Å². The van der Waals surface area contributed by atoms with Crippen molar-refractivity contribution in [3.8, 4) is 22.5 Å². The van der Waals surface area contributed by atoms with Crippen molar-refractivity contribution in [3.05, 3.63) is 125 Å². The van der Waals surface area contributed by atoms with Gasteiger partial charge in [-0.15, -0.1) is 0 Å². The monoisotopic (exact) mass is 728 g/mol. The maximum absolute atomic E-state index is 12.5. The van der Waals surface area contributed by atoms with E-state index < -0.39 is 32.7 Å². The van der Waals surface area contributed by atoms with E-state index in [0.717, 1.165) is 61.9 Å². The number of carbonyl (C=O) groups is 1. The number of hydrogen-bond donors (Lipinski definition) is 5. The Kier molecular flexibility index (Phi) is 10.8. The lowest BCUT2D eigenvalue weighted by Crippen LogP contribution is -2.71. The molecule has 1 aliphatic carbocycles. The summed E-state index contributed by atoms with van der Waals surface area (Å²) in [7, 11) is -7.84. The second kappa shape index (κ2) is 14.9. The minimum Gasteiger partial charge on any atom is -0.480 e. The maximum atomic E-state index is 12.5. The number of aryl methyl sites for hydroxylation is 4. The van der Waals surface area contributed by atoms with Crippen LogP contribution in [0.15, 0.2) is 106 Å². The van der Waals surface area contributed by atoms with E-state index in [2.05, 4.69) is 62.3 Å². The van der Waals surface area contributed by atoms with E-state index in [1.807, 2.05) is 48.5 Å². The Morgan fingerprint density at radius 2 is 1.39 bits per heavy atom. The van der Waals surface area contributed by atoms with Crippen LogP contribution in [-0.4, -0.2) is 45.3 Å². The normalized spacial score (nSPS) is 12.1. The number of sulfonamides is 1. The third kappa shape index (κ3) is 8.88. The number of hydrogen-bond acceptors (Lipinski definition) is 7. The van der Waals surface area contributed by atoms with E-state index in [1.54, 1.807) is 22.9 Å². The molecule has 0 bridgehead atoms. The third-order valence-corrected chi connectivity index (χ3v) is 9.72. The van der Waals surface area contributed by atoms with Gasteiger partial charge in [0.15, 0.2) is 0 Å². The third-order valence-electron chi connectivity index (χ3n) is 8.14. The molecule has 264 valence electrons. The van der Waals surface area contributed by atoms with Gasteiger partial charge in [-0.25, -0.2) is 18.1 Å². The molecule has 4 aromatic carbocycles. The van der Waals surface area contributed by atoms with Crippen LogP contribution in [0, 0.1) is 27.7 Å². The topological polar surface area (TPSA) is 177 Å². The summed E-state index contributed by atoms with van der Waals surface area (Å²) in [4.78, 5) is 13.1. The average Bonchev–Trinajstić information content (AvgIpc) is 3.06. The van der Waals surface area contributed by atoms with Crippen LogP contribution in [0.3, 0.4) is 0 Å². The molecule has 2 aliphatic rings. The van der Waals surface area contributed by atoms with Gasteiger partial charge in [-0.05, 0) is 63.1 Å². The van der Waals surface area contributed by atoms with Crippen LogP contribution in [-0.2, 0) is 24.9 Å².